The van der Waals surface area contributed by atoms with Gasteiger partial charge >= 0.3 is 0 Å². The molecule has 0 saturated heterocycles. The Morgan fingerprint density at radius 1 is 1.60 bits per heavy atom. The zero-order chi connectivity index (χ0) is 11.4. The maximum atomic E-state index is 10.6. The molecule has 0 saturated carbocycles. The first-order chi connectivity index (χ1) is 7.10. The van der Waals surface area contributed by atoms with E-state index in [4.69, 9.17) is 16.3 Å². The quantitative estimate of drug-likeness (QED) is 0.485. The Balaban J connectivity index is 3.23. The maximum absolute atomic E-state index is 10.6. The Kier molecular flexibility index (Phi) is 4.35. The van der Waals surface area contributed by atoms with Crippen LogP contribution in [0.15, 0.2) is 12.1 Å². The molecule has 1 rings (SSSR count). The number of hydrogen-bond acceptors (Lipinski definition) is 3. The van der Waals surface area contributed by atoms with Crippen LogP contribution in [-0.4, -0.2) is 11.5 Å². The zero-order valence-electron chi connectivity index (χ0n) is 8.00. The van der Waals surface area contributed by atoms with Crippen molar-refractivity contribution in [1.29, 1.82) is 0 Å². The van der Waals surface area contributed by atoms with E-state index >= 15 is 0 Å². The molecule has 0 aromatic heterocycles. The van der Waals surface area contributed by atoms with E-state index in [9.17, 15) is 10.1 Å². The molecule has 0 aliphatic heterocycles. The third kappa shape index (κ3) is 2.82. The van der Waals surface area contributed by atoms with Crippen molar-refractivity contribution in [2.45, 2.75) is 12.3 Å². The normalized spacial score (nSPS) is 10.1. The molecule has 0 atom stereocenters. The van der Waals surface area contributed by atoms with Gasteiger partial charge in [0.05, 0.1) is 17.6 Å². The molecule has 6 heteroatoms. The Hall–Kier alpha value is -0.810. The van der Waals surface area contributed by atoms with Crippen LogP contribution in [0.4, 0.5) is 5.69 Å². The molecule has 0 N–H and O–H groups in total. The van der Waals surface area contributed by atoms with E-state index in [0.29, 0.717) is 17.7 Å². The van der Waals surface area contributed by atoms with E-state index < -0.39 is 4.92 Å². The van der Waals surface area contributed by atoms with E-state index in [0.717, 1.165) is 5.56 Å². The Morgan fingerprint density at radius 2 is 2.27 bits per heavy atom. The molecule has 0 spiro atoms. The van der Waals surface area contributed by atoms with Gasteiger partial charge in [-0.15, -0.1) is 0 Å². The van der Waals surface area contributed by atoms with Gasteiger partial charge in [0.25, 0.3) is 5.69 Å². The maximum Gasteiger partial charge on any atom is 0.291 e. The average Bonchev–Trinajstić information content (AvgIpc) is 2.20. The van der Waals surface area contributed by atoms with Crippen molar-refractivity contribution in [3.63, 3.8) is 0 Å². The minimum atomic E-state index is -0.525. The number of hydrogen-bond donors (Lipinski definition) is 0. The molecule has 0 fully saturated rings. The zero-order valence-corrected chi connectivity index (χ0v) is 10.3. The van der Waals surface area contributed by atoms with Crippen LogP contribution in [0.3, 0.4) is 0 Å². The number of ether oxygens (including phenoxy) is 1. The highest BCUT2D eigenvalue weighted by Gasteiger charge is 2.16. The number of benzene rings is 1. The van der Waals surface area contributed by atoms with E-state index in [1.165, 1.54) is 6.07 Å². The Labute approximate surface area is 100 Å². The monoisotopic (exact) mass is 293 g/mol. The van der Waals surface area contributed by atoms with E-state index in [1.807, 2.05) is 6.92 Å². The molecular weight excluding hydrogens is 285 g/mol. The summed E-state index contributed by atoms with van der Waals surface area (Å²) < 4.78 is 5.28. The summed E-state index contributed by atoms with van der Waals surface area (Å²) in [6, 6.07) is 2.89. The van der Waals surface area contributed by atoms with Crippen LogP contribution in [0.1, 0.15) is 12.5 Å². The molecule has 1 aromatic rings. The van der Waals surface area contributed by atoms with Crippen molar-refractivity contribution in [2.75, 3.05) is 6.61 Å². The minimum Gasteiger partial charge on any atom is -0.493 e. The molecule has 15 heavy (non-hydrogen) atoms. The van der Waals surface area contributed by atoms with Crippen LogP contribution >= 0.6 is 27.5 Å². The minimum absolute atomic E-state index is 0.123. The highest BCUT2D eigenvalue weighted by atomic mass is 79.9. The number of nitro groups is 1. The first kappa shape index (κ1) is 12.3. The van der Waals surface area contributed by atoms with Gasteiger partial charge in [0.1, 0.15) is 10.8 Å². The second-order valence-electron chi connectivity index (χ2n) is 2.74. The molecule has 0 unspecified atom stereocenters. The third-order valence-electron chi connectivity index (χ3n) is 1.77. The van der Waals surface area contributed by atoms with Gasteiger partial charge in [-0.25, -0.2) is 0 Å². The smallest absolute Gasteiger partial charge is 0.291 e. The average molecular weight is 295 g/mol. The fraction of sp³-hybridized carbons (Fsp3) is 0.333. The molecule has 4 nitrogen and oxygen atoms in total. The Morgan fingerprint density at radius 3 is 2.73 bits per heavy atom. The SMILES string of the molecule is CCOc1cc([N+](=O)[O-])c(Cl)cc1CBr. The summed E-state index contributed by atoms with van der Waals surface area (Å²) in [5.41, 5.74) is 0.664. The number of alkyl halides is 1. The van der Waals surface area contributed by atoms with Crippen molar-refractivity contribution >= 4 is 33.2 Å². The van der Waals surface area contributed by atoms with Crippen molar-refractivity contribution in [2.24, 2.45) is 0 Å². The summed E-state index contributed by atoms with van der Waals surface area (Å²) in [5.74, 6) is 0.491. The molecular formula is C9H9BrClNO3. The first-order valence-corrected chi connectivity index (χ1v) is 5.75. The lowest BCUT2D eigenvalue weighted by molar-refractivity contribution is -0.384. The van der Waals surface area contributed by atoms with Crippen LogP contribution in [-0.2, 0) is 5.33 Å². The predicted molar refractivity (Wildman–Crippen MR) is 61.9 cm³/mol. The first-order valence-electron chi connectivity index (χ1n) is 4.25. The third-order valence-corrected chi connectivity index (χ3v) is 2.68. The van der Waals surface area contributed by atoms with Crippen molar-refractivity contribution in [1.82, 2.24) is 0 Å². The van der Waals surface area contributed by atoms with Crippen molar-refractivity contribution in [3.8, 4) is 5.75 Å². The number of rotatable bonds is 4. The summed E-state index contributed by atoms with van der Waals surface area (Å²) in [5, 5.41) is 11.3. The van der Waals surface area contributed by atoms with Gasteiger partial charge in [-0.1, -0.05) is 27.5 Å². The van der Waals surface area contributed by atoms with Gasteiger partial charge in [-0.05, 0) is 13.0 Å². The van der Waals surface area contributed by atoms with Crippen molar-refractivity contribution < 1.29 is 9.66 Å². The van der Waals surface area contributed by atoms with Gasteiger partial charge < -0.3 is 4.74 Å². The summed E-state index contributed by atoms with van der Waals surface area (Å²) in [4.78, 5) is 10.1. The molecule has 0 amide bonds. The van der Waals surface area contributed by atoms with Crippen molar-refractivity contribution in [3.05, 3.63) is 32.8 Å². The van der Waals surface area contributed by atoms with Gasteiger partial charge in [-0.3, -0.25) is 10.1 Å². The topological polar surface area (TPSA) is 52.4 Å². The largest absolute Gasteiger partial charge is 0.493 e. The molecule has 0 radical (unpaired) electrons. The van der Waals surface area contributed by atoms with E-state index in [2.05, 4.69) is 15.9 Å². The summed E-state index contributed by atoms with van der Waals surface area (Å²) >= 11 is 9.02. The molecule has 82 valence electrons. The molecule has 0 heterocycles. The second kappa shape index (κ2) is 5.32. The van der Waals surface area contributed by atoms with Crippen LogP contribution in [0.5, 0.6) is 5.75 Å². The second-order valence-corrected chi connectivity index (χ2v) is 3.70. The highest BCUT2D eigenvalue weighted by Crippen LogP contribution is 2.33. The summed E-state index contributed by atoms with van der Waals surface area (Å²) in [6.07, 6.45) is 0. The lowest BCUT2D eigenvalue weighted by Crippen LogP contribution is -1.98. The van der Waals surface area contributed by atoms with Crippen LogP contribution < -0.4 is 4.74 Å². The lowest BCUT2D eigenvalue weighted by atomic mass is 10.2. The van der Waals surface area contributed by atoms with E-state index in [1.54, 1.807) is 6.07 Å². The molecule has 0 bridgehead atoms. The van der Waals surface area contributed by atoms with Gasteiger partial charge in [0.15, 0.2) is 0 Å². The van der Waals surface area contributed by atoms with Gasteiger partial charge in [0.2, 0.25) is 0 Å². The fourth-order valence-corrected chi connectivity index (χ4v) is 1.81. The standard InChI is InChI=1S/C9H9BrClNO3/c1-2-15-9-4-8(12(13)14)7(11)3-6(9)5-10/h3-4H,2,5H2,1H3. The number of nitrogens with zero attached hydrogens (tertiary/aromatic N) is 1. The number of halogens is 2. The summed E-state index contributed by atoms with van der Waals surface area (Å²) in [7, 11) is 0. The fourth-order valence-electron chi connectivity index (χ4n) is 1.12. The van der Waals surface area contributed by atoms with Gasteiger partial charge in [-0.2, -0.15) is 0 Å². The Bertz CT molecular complexity index is 384. The highest BCUT2D eigenvalue weighted by molar-refractivity contribution is 9.08. The summed E-state index contributed by atoms with van der Waals surface area (Å²) in [6.45, 7) is 2.28. The lowest BCUT2D eigenvalue weighted by Gasteiger charge is -2.08. The van der Waals surface area contributed by atoms with Crippen LogP contribution in [0.2, 0.25) is 5.02 Å². The molecule has 1 aromatic carbocycles. The van der Waals surface area contributed by atoms with E-state index in [-0.39, 0.29) is 10.7 Å². The van der Waals surface area contributed by atoms with Crippen LogP contribution in [0, 0.1) is 10.1 Å². The molecule has 0 aliphatic carbocycles. The molecule has 0 aliphatic rings. The number of nitro benzene ring substituents is 1. The van der Waals surface area contributed by atoms with Gasteiger partial charge in [0, 0.05) is 10.9 Å². The van der Waals surface area contributed by atoms with Crippen LogP contribution in [0.25, 0.3) is 0 Å². The predicted octanol–water partition coefficient (Wildman–Crippen LogP) is 3.54.